The Labute approximate surface area is 160 Å². The van der Waals surface area contributed by atoms with Crippen LogP contribution in [0.5, 0.6) is 0 Å². The lowest BCUT2D eigenvalue weighted by Gasteiger charge is -2.21. The Morgan fingerprint density at radius 1 is 1.26 bits per heavy atom. The van der Waals surface area contributed by atoms with E-state index in [0.29, 0.717) is 5.82 Å². The van der Waals surface area contributed by atoms with Crippen molar-refractivity contribution in [1.29, 1.82) is 0 Å². The zero-order valence-corrected chi connectivity index (χ0v) is 16.8. The summed E-state index contributed by atoms with van der Waals surface area (Å²) in [5, 5.41) is 16.7. The van der Waals surface area contributed by atoms with Crippen molar-refractivity contribution in [2.24, 2.45) is 5.92 Å². The van der Waals surface area contributed by atoms with Crippen LogP contribution in [0.2, 0.25) is 0 Å². The molecule has 2 aromatic rings. The molecule has 2 N–H and O–H groups in total. The van der Waals surface area contributed by atoms with E-state index in [2.05, 4.69) is 26.1 Å². The molecular weight excluding hydrogens is 344 g/mol. The van der Waals surface area contributed by atoms with Gasteiger partial charge in [0.1, 0.15) is 5.82 Å². The number of carboxylic acids is 1. The van der Waals surface area contributed by atoms with E-state index in [1.165, 1.54) is 4.90 Å². The fourth-order valence-corrected chi connectivity index (χ4v) is 2.88. The predicted octanol–water partition coefficient (Wildman–Crippen LogP) is 3.66. The van der Waals surface area contributed by atoms with Gasteiger partial charge in [0.2, 0.25) is 0 Å². The number of aromatic nitrogens is 2. The summed E-state index contributed by atoms with van der Waals surface area (Å²) in [5.41, 5.74) is 2.43. The molecule has 2 amide bonds. The molecule has 0 radical (unpaired) electrons. The first-order chi connectivity index (χ1) is 12.5. The summed E-state index contributed by atoms with van der Waals surface area (Å²) in [6, 6.07) is 9.22. The third-order valence-corrected chi connectivity index (χ3v) is 4.37. The lowest BCUT2D eigenvalue weighted by Crippen LogP contribution is -2.37. The minimum atomic E-state index is -0.935. The highest BCUT2D eigenvalue weighted by atomic mass is 16.4. The van der Waals surface area contributed by atoms with Crippen LogP contribution in [0, 0.1) is 12.8 Å². The van der Waals surface area contributed by atoms with Gasteiger partial charge in [0.05, 0.1) is 17.3 Å². The van der Waals surface area contributed by atoms with Crippen molar-refractivity contribution in [3.05, 3.63) is 41.6 Å². The molecule has 1 atom stereocenters. The molecule has 1 unspecified atom stereocenters. The van der Waals surface area contributed by atoms with Crippen LogP contribution in [0.4, 0.5) is 10.6 Å². The maximum absolute atomic E-state index is 12.6. The number of carbonyl (C=O) groups excluding carboxylic acids is 1. The molecule has 0 bridgehead atoms. The monoisotopic (exact) mass is 372 g/mol. The Morgan fingerprint density at radius 3 is 2.37 bits per heavy atom. The predicted molar refractivity (Wildman–Crippen MR) is 105 cm³/mol. The minimum Gasteiger partial charge on any atom is -0.481 e. The van der Waals surface area contributed by atoms with Crippen molar-refractivity contribution in [2.75, 3.05) is 18.9 Å². The summed E-state index contributed by atoms with van der Waals surface area (Å²) < 4.78 is 1.72. The lowest BCUT2D eigenvalue weighted by atomic mass is 9.90. The first-order valence-electron chi connectivity index (χ1n) is 8.92. The second-order valence-electron chi connectivity index (χ2n) is 7.87. The number of aliphatic carboxylic acids is 1. The highest BCUT2D eigenvalue weighted by Crippen LogP contribution is 2.31. The number of hydrogen-bond donors (Lipinski definition) is 2. The SMILES string of the molecule is Cc1c(C(C)(C)C)nn(-c2ccccc2)c1NC(=O)N(C)CC(C)C(=O)O. The van der Waals surface area contributed by atoms with E-state index in [0.717, 1.165) is 16.9 Å². The summed E-state index contributed by atoms with van der Waals surface area (Å²) in [6.07, 6.45) is 0. The Kier molecular flexibility index (Phi) is 5.93. The molecule has 1 aromatic carbocycles. The van der Waals surface area contributed by atoms with Crippen LogP contribution in [0.15, 0.2) is 30.3 Å². The molecule has 0 aliphatic rings. The standard InChI is InChI=1S/C20H28N4O3/c1-13(18(25)26)12-23(6)19(27)21-17-14(2)16(20(3,4)5)22-24(17)15-10-8-7-9-11-15/h7-11,13H,12H2,1-6H3,(H,21,27)(H,25,26). The molecular formula is C20H28N4O3. The molecule has 146 valence electrons. The van der Waals surface area contributed by atoms with Gasteiger partial charge in [-0.15, -0.1) is 0 Å². The maximum Gasteiger partial charge on any atom is 0.322 e. The van der Waals surface area contributed by atoms with E-state index >= 15 is 0 Å². The van der Waals surface area contributed by atoms with E-state index in [9.17, 15) is 9.59 Å². The van der Waals surface area contributed by atoms with Gasteiger partial charge in [-0.1, -0.05) is 45.9 Å². The zero-order valence-electron chi connectivity index (χ0n) is 16.8. The molecule has 0 aliphatic heterocycles. The van der Waals surface area contributed by atoms with Crippen LogP contribution in [0.25, 0.3) is 5.69 Å². The van der Waals surface area contributed by atoms with Crippen LogP contribution in [0.3, 0.4) is 0 Å². The Bertz CT molecular complexity index is 822. The van der Waals surface area contributed by atoms with Gasteiger partial charge >= 0.3 is 12.0 Å². The minimum absolute atomic E-state index is 0.117. The Hall–Kier alpha value is -2.83. The molecule has 7 heteroatoms. The van der Waals surface area contributed by atoms with Crippen molar-refractivity contribution in [1.82, 2.24) is 14.7 Å². The number of hydrogen-bond acceptors (Lipinski definition) is 3. The average molecular weight is 372 g/mol. The van der Waals surface area contributed by atoms with Crippen LogP contribution < -0.4 is 5.32 Å². The van der Waals surface area contributed by atoms with Crippen LogP contribution in [-0.4, -0.2) is 45.4 Å². The number of para-hydroxylation sites is 1. The normalized spacial score (nSPS) is 12.5. The van der Waals surface area contributed by atoms with Crippen molar-refractivity contribution >= 4 is 17.8 Å². The fraction of sp³-hybridized carbons (Fsp3) is 0.450. The summed E-state index contributed by atoms with van der Waals surface area (Å²) in [6.45, 7) is 9.84. The number of rotatable bonds is 5. The van der Waals surface area contributed by atoms with Gasteiger partial charge in [0.25, 0.3) is 0 Å². The van der Waals surface area contributed by atoms with Gasteiger partial charge in [-0.2, -0.15) is 5.10 Å². The molecule has 0 fully saturated rings. The van der Waals surface area contributed by atoms with Crippen molar-refractivity contribution < 1.29 is 14.7 Å². The topological polar surface area (TPSA) is 87.5 Å². The largest absolute Gasteiger partial charge is 0.481 e. The maximum atomic E-state index is 12.6. The lowest BCUT2D eigenvalue weighted by molar-refractivity contribution is -0.141. The van der Waals surface area contributed by atoms with E-state index in [1.807, 2.05) is 37.3 Å². The fourth-order valence-electron chi connectivity index (χ4n) is 2.88. The summed E-state index contributed by atoms with van der Waals surface area (Å²) in [5.74, 6) is -0.993. The molecule has 7 nitrogen and oxygen atoms in total. The van der Waals surface area contributed by atoms with E-state index in [4.69, 9.17) is 10.2 Å². The molecule has 0 spiro atoms. The third-order valence-electron chi connectivity index (χ3n) is 4.37. The van der Waals surface area contributed by atoms with Gasteiger partial charge < -0.3 is 10.0 Å². The summed E-state index contributed by atoms with van der Waals surface area (Å²) >= 11 is 0. The number of carbonyl (C=O) groups is 2. The van der Waals surface area contributed by atoms with E-state index in [-0.39, 0.29) is 18.0 Å². The van der Waals surface area contributed by atoms with Crippen LogP contribution in [-0.2, 0) is 10.2 Å². The van der Waals surface area contributed by atoms with Crippen molar-refractivity contribution in [3.63, 3.8) is 0 Å². The highest BCUT2D eigenvalue weighted by Gasteiger charge is 2.27. The Morgan fingerprint density at radius 2 is 1.85 bits per heavy atom. The van der Waals surface area contributed by atoms with Crippen LogP contribution in [0.1, 0.15) is 39.0 Å². The Balaban J connectivity index is 2.39. The second-order valence-corrected chi connectivity index (χ2v) is 7.87. The first-order valence-corrected chi connectivity index (χ1v) is 8.92. The van der Waals surface area contributed by atoms with Crippen molar-refractivity contribution in [2.45, 2.75) is 40.0 Å². The quantitative estimate of drug-likeness (QED) is 0.838. The number of nitrogens with one attached hydrogen (secondary N) is 1. The van der Waals surface area contributed by atoms with E-state index < -0.39 is 11.9 Å². The molecule has 0 aliphatic carbocycles. The van der Waals surface area contributed by atoms with Gasteiger partial charge in [-0.25, -0.2) is 9.48 Å². The van der Waals surface area contributed by atoms with Crippen LogP contribution >= 0.6 is 0 Å². The number of urea groups is 1. The van der Waals surface area contributed by atoms with Crippen molar-refractivity contribution in [3.8, 4) is 5.69 Å². The molecule has 0 saturated heterocycles. The second kappa shape index (κ2) is 7.82. The summed E-state index contributed by atoms with van der Waals surface area (Å²) in [4.78, 5) is 25.1. The molecule has 27 heavy (non-hydrogen) atoms. The smallest absolute Gasteiger partial charge is 0.322 e. The van der Waals surface area contributed by atoms with Gasteiger partial charge in [0, 0.05) is 24.6 Å². The highest BCUT2D eigenvalue weighted by molar-refractivity contribution is 5.90. The zero-order chi connectivity index (χ0) is 20.4. The summed E-state index contributed by atoms with van der Waals surface area (Å²) in [7, 11) is 1.58. The van der Waals surface area contributed by atoms with Gasteiger partial charge in [-0.05, 0) is 19.1 Å². The molecule has 1 heterocycles. The number of anilines is 1. The number of benzene rings is 1. The van der Waals surface area contributed by atoms with Gasteiger partial charge in [-0.3, -0.25) is 10.1 Å². The molecule has 0 saturated carbocycles. The van der Waals surface area contributed by atoms with Gasteiger partial charge in [0.15, 0.2) is 0 Å². The van der Waals surface area contributed by atoms with E-state index in [1.54, 1.807) is 18.7 Å². The first kappa shape index (κ1) is 20.5. The molecule has 2 rings (SSSR count). The third kappa shape index (κ3) is 4.67. The number of carboxylic acid groups (broad SMARTS) is 1. The number of amides is 2. The average Bonchev–Trinajstić information content (AvgIpc) is 2.92. The molecule has 1 aromatic heterocycles. The number of nitrogens with zero attached hydrogens (tertiary/aromatic N) is 3.